The van der Waals surface area contributed by atoms with E-state index in [1.54, 1.807) is 47.3 Å². The van der Waals surface area contributed by atoms with Crippen molar-refractivity contribution in [3.63, 3.8) is 0 Å². The number of furan rings is 1. The molecule has 4 aromatic rings. The number of nitrogens with one attached hydrogen (secondary N) is 1. The van der Waals surface area contributed by atoms with Gasteiger partial charge in [-0.3, -0.25) is 9.48 Å². The van der Waals surface area contributed by atoms with Crippen LogP contribution in [0.3, 0.4) is 0 Å². The number of hydrogen-bond donors (Lipinski definition) is 1. The lowest BCUT2D eigenvalue weighted by Crippen LogP contribution is -2.12. The summed E-state index contributed by atoms with van der Waals surface area (Å²) >= 11 is 6.23. The van der Waals surface area contributed by atoms with Gasteiger partial charge in [0.25, 0.3) is 5.91 Å². The molecule has 0 bridgehead atoms. The average Bonchev–Trinajstić information content (AvgIpc) is 3.45. The summed E-state index contributed by atoms with van der Waals surface area (Å²) in [6.45, 7) is 0.636. The zero-order valence-corrected chi connectivity index (χ0v) is 18.4. The molecule has 0 radical (unpaired) electrons. The van der Waals surface area contributed by atoms with Crippen LogP contribution in [0.1, 0.15) is 32.2 Å². The number of nitrogens with zero attached hydrogens (tertiary/aromatic N) is 2. The van der Waals surface area contributed by atoms with Crippen molar-refractivity contribution >= 4 is 29.3 Å². The molecule has 168 valence electrons. The summed E-state index contributed by atoms with van der Waals surface area (Å²) in [5, 5.41) is 7.32. The fourth-order valence-electron chi connectivity index (χ4n) is 3.04. The first-order valence-corrected chi connectivity index (χ1v) is 10.4. The third kappa shape index (κ3) is 5.61. The molecule has 0 atom stereocenters. The summed E-state index contributed by atoms with van der Waals surface area (Å²) < 4.78 is 17.5. The Balaban J connectivity index is 1.34. The highest BCUT2D eigenvalue weighted by Gasteiger charge is 2.16. The highest BCUT2D eigenvalue weighted by atomic mass is 35.5. The fourth-order valence-corrected chi connectivity index (χ4v) is 3.24. The Bertz CT molecular complexity index is 1250. The number of ether oxygens (including phenoxy) is 2. The Labute approximate surface area is 194 Å². The minimum absolute atomic E-state index is 0.100. The van der Waals surface area contributed by atoms with E-state index in [2.05, 4.69) is 15.2 Å². The van der Waals surface area contributed by atoms with Crippen LogP contribution in [0.4, 0.5) is 5.82 Å². The first kappa shape index (κ1) is 22.2. The number of benzene rings is 2. The molecule has 2 aromatic heterocycles. The lowest BCUT2D eigenvalue weighted by molar-refractivity contribution is 0.0600. The molecule has 2 heterocycles. The van der Waals surface area contributed by atoms with Gasteiger partial charge in [0.15, 0.2) is 11.6 Å². The molecule has 33 heavy (non-hydrogen) atoms. The fraction of sp³-hybridized carbons (Fsp3) is 0.125. The van der Waals surface area contributed by atoms with Crippen LogP contribution in [0.25, 0.3) is 0 Å². The number of methoxy groups -OCH3 is 1. The van der Waals surface area contributed by atoms with Crippen LogP contribution in [0, 0.1) is 0 Å². The van der Waals surface area contributed by atoms with Gasteiger partial charge in [-0.1, -0.05) is 41.9 Å². The standard InChI is InChI=1S/C24H20ClN3O5/c1-31-24(30)17-7-9-18(10-8-17)32-15-19-11-12-21(33-19)23(29)26-22-20(25)14-28(27-22)13-16-5-3-2-4-6-16/h2-12,14H,13,15H2,1H3,(H,26,27,29). The maximum absolute atomic E-state index is 12.6. The van der Waals surface area contributed by atoms with Crippen molar-refractivity contribution in [3.05, 3.63) is 101 Å². The van der Waals surface area contributed by atoms with E-state index in [0.29, 0.717) is 28.6 Å². The Kier molecular flexibility index (Phi) is 6.75. The second-order valence-corrected chi connectivity index (χ2v) is 7.44. The Morgan fingerprint density at radius 3 is 2.55 bits per heavy atom. The lowest BCUT2D eigenvalue weighted by atomic mass is 10.2. The zero-order valence-electron chi connectivity index (χ0n) is 17.7. The molecule has 0 aliphatic rings. The molecule has 4 rings (SSSR count). The smallest absolute Gasteiger partial charge is 0.337 e. The van der Waals surface area contributed by atoms with E-state index >= 15 is 0 Å². The number of carbonyl (C=O) groups excluding carboxylic acids is 2. The van der Waals surface area contributed by atoms with Crippen molar-refractivity contribution in [1.82, 2.24) is 9.78 Å². The van der Waals surface area contributed by atoms with E-state index in [-0.39, 0.29) is 18.2 Å². The molecule has 0 saturated carbocycles. The molecule has 0 aliphatic carbocycles. The summed E-state index contributed by atoms with van der Waals surface area (Å²) in [4.78, 5) is 24.0. The maximum atomic E-state index is 12.6. The number of amides is 1. The summed E-state index contributed by atoms with van der Waals surface area (Å²) in [5.74, 6) is 0.447. The highest BCUT2D eigenvalue weighted by Crippen LogP contribution is 2.22. The monoisotopic (exact) mass is 465 g/mol. The zero-order chi connectivity index (χ0) is 23.2. The van der Waals surface area contributed by atoms with Crippen molar-refractivity contribution in [2.75, 3.05) is 12.4 Å². The van der Waals surface area contributed by atoms with Gasteiger partial charge in [-0.2, -0.15) is 5.10 Å². The quantitative estimate of drug-likeness (QED) is 0.376. The molecule has 1 N–H and O–H groups in total. The number of carbonyl (C=O) groups is 2. The first-order chi connectivity index (χ1) is 16.0. The summed E-state index contributed by atoms with van der Waals surface area (Å²) in [6.07, 6.45) is 1.65. The molecule has 9 heteroatoms. The van der Waals surface area contributed by atoms with Crippen LogP contribution >= 0.6 is 11.6 Å². The Morgan fingerprint density at radius 2 is 1.82 bits per heavy atom. The predicted octanol–water partition coefficient (Wildman–Crippen LogP) is 4.80. The molecule has 0 saturated heterocycles. The number of aromatic nitrogens is 2. The topological polar surface area (TPSA) is 95.6 Å². The largest absolute Gasteiger partial charge is 0.486 e. The van der Waals surface area contributed by atoms with Crippen LogP contribution in [0.15, 0.2) is 77.3 Å². The molecule has 0 spiro atoms. The van der Waals surface area contributed by atoms with E-state index in [9.17, 15) is 9.59 Å². The van der Waals surface area contributed by atoms with Gasteiger partial charge in [-0.25, -0.2) is 4.79 Å². The van der Waals surface area contributed by atoms with Gasteiger partial charge in [0.05, 0.1) is 19.2 Å². The van der Waals surface area contributed by atoms with Crippen LogP contribution < -0.4 is 10.1 Å². The average molecular weight is 466 g/mol. The van der Waals surface area contributed by atoms with Crippen molar-refractivity contribution in [2.45, 2.75) is 13.2 Å². The van der Waals surface area contributed by atoms with Crippen LogP contribution in [0.5, 0.6) is 5.75 Å². The number of esters is 1. The Hall–Kier alpha value is -4.04. The van der Waals surface area contributed by atoms with Gasteiger partial charge in [0.1, 0.15) is 23.1 Å². The van der Waals surface area contributed by atoms with E-state index < -0.39 is 11.9 Å². The third-order valence-electron chi connectivity index (χ3n) is 4.68. The normalized spacial score (nSPS) is 10.6. The van der Waals surface area contributed by atoms with Crippen LogP contribution in [0.2, 0.25) is 5.02 Å². The van der Waals surface area contributed by atoms with E-state index in [0.717, 1.165) is 5.56 Å². The number of hydrogen-bond acceptors (Lipinski definition) is 6. The molecule has 0 fully saturated rings. The van der Waals surface area contributed by atoms with Gasteiger partial charge in [0, 0.05) is 6.20 Å². The molecule has 2 aromatic carbocycles. The molecular formula is C24H20ClN3O5. The molecule has 0 aliphatic heterocycles. The first-order valence-electron chi connectivity index (χ1n) is 10.00. The number of halogens is 1. The van der Waals surface area contributed by atoms with Crippen molar-refractivity contribution in [1.29, 1.82) is 0 Å². The highest BCUT2D eigenvalue weighted by molar-refractivity contribution is 6.33. The summed E-state index contributed by atoms with van der Waals surface area (Å²) in [5.41, 5.74) is 1.48. The number of anilines is 1. The van der Waals surface area contributed by atoms with Gasteiger partial charge < -0.3 is 19.2 Å². The second kappa shape index (κ2) is 10.1. The van der Waals surface area contributed by atoms with Gasteiger partial charge in [0.2, 0.25) is 0 Å². The van der Waals surface area contributed by atoms with E-state index in [1.807, 2.05) is 30.3 Å². The predicted molar refractivity (Wildman–Crippen MR) is 122 cm³/mol. The summed E-state index contributed by atoms with van der Waals surface area (Å²) in [7, 11) is 1.32. The van der Waals surface area contributed by atoms with Crippen LogP contribution in [-0.2, 0) is 17.9 Å². The van der Waals surface area contributed by atoms with Crippen molar-refractivity contribution < 1.29 is 23.5 Å². The van der Waals surface area contributed by atoms with E-state index in [4.69, 9.17) is 20.8 Å². The van der Waals surface area contributed by atoms with Gasteiger partial charge in [-0.15, -0.1) is 0 Å². The Morgan fingerprint density at radius 1 is 1.06 bits per heavy atom. The minimum Gasteiger partial charge on any atom is -0.486 e. The summed E-state index contributed by atoms with van der Waals surface area (Å²) in [6, 6.07) is 19.5. The van der Waals surface area contributed by atoms with Crippen molar-refractivity contribution in [2.24, 2.45) is 0 Å². The third-order valence-corrected chi connectivity index (χ3v) is 4.95. The molecular weight excluding hydrogens is 446 g/mol. The second-order valence-electron chi connectivity index (χ2n) is 7.03. The lowest BCUT2D eigenvalue weighted by Gasteiger charge is -2.05. The SMILES string of the molecule is COC(=O)c1ccc(OCc2ccc(C(=O)Nc3nn(Cc4ccccc4)cc3Cl)o2)cc1. The maximum Gasteiger partial charge on any atom is 0.337 e. The van der Waals surface area contributed by atoms with E-state index in [1.165, 1.54) is 7.11 Å². The number of rotatable bonds is 8. The van der Waals surface area contributed by atoms with Gasteiger partial charge in [-0.05, 0) is 42.0 Å². The minimum atomic E-state index is -0.476. The van der Waals surface area contributed by atoms with Crippen LogP contribution in [-0.4, -0.2) is 28.8 Å². The molecule has 1 amide bonds. The van der Waals surface area contributed by atoms with Crippen molar-refractivity contribution in [3.8, 4) is 5.75 Å². The molecule has 8 nitrogen and oxygen atoms in total. The van der Waals surface area contributed by atoms with Gasteiger partial charge >= 0.3 is 5.97 Å². The molecule has 0 unspecified atom stereocenters.